The van der Waals surface area contributed by atoms with E-state index in [1.807, 2.05) is 0 Å². The van der Waals surface area contributed by atoms with Crippen LogP contribution in [0.3, 0.4) is 0 Å². The quantitative estimate of drug-likeness (QED) is 0.662. The Bertz CT molecular complexity index is 363. The number of carboxylic acids is 1. The molecule has 0 bridgehead atoms. The van der Waals surface area contributed by atoms with Gasteiger partial charge in [-0.3, -0.25) is 14.9 Å². The van der Waals surface area contributed by atoms with Crippen LogP contribution >= 0.6 is 0 Å². The zero-order valence-corrected chi connectivity index (χ0v) is 12.0. The molecule has 0 aliphatic carbocycles. The number of imide groups is 1. The van der Waals surface area contributed by atoms with Crippen molar-refractivity contribution in [2.75, 3.05) is 13.7 Å². The highest BCUT2D eigenvalue weighted by Gasteiger charge is 2.31. The molecule has 0 aromatic rings. The zero-order valence-electron chi connectivity index (χ0n) is 12.0. The summed E-state index contributed by atoms with van der Waals surface area (Å²) in [5, 5.41) is 13.5. The van der Waals surface area contributed by atoms with Crippen LogP contribution < -0.4 is 10.6 Å². The molecule has 3 amide bonds. The smallest absolute Gasteiger partial charge is 0.321 e. The number of carboxylic acid groups (broad SMARTS) is 1. The number of methoxy groups -OCH3 is 1. The highest BCUT2D eigenvalue weighted by atomic mass is 16.5. The SMILES string of the molecule is COCC(C)(C)NC(=O)NC(=O)CC(C)(C)C(=O)O. The van der Waals surface area contributed by atoms with Crippen LogP contribution in [0.15, 0.2) is 0 Å². The third-order valence-corrected chi connectivity index (χ3v) is 2.39. The maximum absolute atomic E-state index is 11.6. The van der Waals surface area contributed by atoms with Crippen molar-refractivity contribution < 1.29 is 24.2 Å². The van der Waals surface area contributed by atoms with Gasteiger partial charge in [0.05, 0.1) is 17.6 Å². The summed E-state index contributed by atoms with van der Waals surface area (Å²) in [5.74, 6) is -1.74. The number of amides is 3. The Labute approximate surface area is 112 Å². The van der Waals surface area contributed by atoms with E-state index in [4.69, 9.17) is 9.84 Å². The van der Waals surface area contributed by atoms with Crippen molar-refractivity contribution in [2.45, 2.75) is 39.7 Å². The molecule has 110 valence electrons. The van der Waals surface area contributed by atoms with Gasteiger partial charge in [0, 0.05) is 13.5 Å². The molecule has 0 saturated heterocycles. The van der Waals surface area contributed by atoms with Gasteiger partial charge in [-0.05, 0) is 27.7 Å². The Balaban J connectivity index is 4.36. The molecule has 0 fully saturated rings. The van der Waals surface area contributed by atoms with Crippen LogP contribution in [-0.2, 0) is 14.3 Å². The van der Waals surface area contributed by atoms with Gasteiger partial charge in [-0.2, -0.15) is 0 Å². The maximum atomic E-state index is 11.6. The number of rotatable bonds is 6. The lowest BCUT2D eigenvalue weighted by Gasteiger charge is -2.25. The van der Waals surface area contributed by atoms with E-state index in [9.17, 15) is 14.4 Å². The summed E-state index contributed by atoms with van der Waals surface area (Å²) in [7, 11) is 1.50. The molecule has 7 heteroatoms. The molecule has 0 rings (SSSR count). The van der Waals surface area contributed by atoms with Gasteiger partial charge in [-0.25, -0.2) is 4.79 Å². The Morgan fingerprint density at radius 3 is 2.11 bits per heavy atom. The molecule has 0 heterocycles. The molecule has 0 unspecified atom stereocenters. The number of hydrogen-bond acceptors (Lipinski definition) is 4. The number of aliphatic carboxylic acids is 1. The normalized spacial score (nSPS) is 11.8. The molecular weight excluding hydrogens is 252 g/mol. The first-order chi connectivity index (χ1) is 8.50. The minimum absolute atomic E-state index is 0.277. The van der Waals surface area contributed by atoms with Gasteiger partial charge in [0.1, 0.15) is 0 Å². The van der Waals surface area contributed by atoms with Gasteiger partial charge in [-0.1, -0.05) is 0 Å². The molecule has 0 spiro atoms. The first-order valence-electron chi connectivity index (χ1n) is 5.84. The van der Waals surface area contributed by atoms with Gasteiger partial charge in [0.2, 0.25) is 5.91 Å². The maximum Gasteiger partial charge on any atom is 0.321 e. The summed E-state index contributed by atoms with van der Waals surface area (Å²) in [5.41, 5.74) is -1.84. The lowest BCUT2D eigenvalue weighted by molar-refractivity contribution is -0.149. The second-order valence-corrected chi connectivity index (χ2v) is 5.69. The van der Waals surface area contributed by atoms with E-state index in [-0.39, 0.29) is 13.0 Å². The van der Waals surface area contributed by atoms with Crippen LogP contribution in [0.1, 0.15) is 34.1 Å². The molecule has 3 N–H and O–H groups in total. The van der Waals surface area contributed by atoms with E-state index in [1.165, 1.54) is 21.0 Å². The monoisotopic (exact) mass is 274 g/mol. The Morgan fingerprint density at radius 1 is 1.16 bits per heavy atom. The lowest BCUT2D eigenvalue weighted by Crippen LogP contribution is -2.52. The summed E-state index contributed by atoms with van der Waals surface area (Å²) in [4.78, 5) is 34.0. The van der Waals surface area contributed by atoms with Crippen LogP contribution in [0.4, 0.5) is 4.79 Å². The number of urea groups is 1. The highest BCUT2D eigenvalue weighted by molar-refractivity contribution is 5.96. The fourth-order valence-corrected chi connectivity index (χ4v) is 1.38. The average molecular weight is 274 g/mol. The van der Waals surface area contributed by atoms with Gasteiger partial charge in [0.15, 0.2) is 0 Å². The molecule has 0 aromatic heterocycles. The molecule has 0 aliphatic heterocycles. The summed E-state index contributed by atoms with van der Waals surface area (Å²) < 4.78 is 4.92. The van der Waals surface area contributed by atoms with E-state index in [0.717, 1.165) is 0 Å². The van der Waals surface area contributed by atoms with Crippen LogP contribution in [0.25, 0.3) is 0 Å². The fraction of sp³-hybridized carbons (Fsp3) is 0.750. The van der Waals surface area contributed by atoms with Gasteiger partial charge < -0.3 is 15.2 Å². The van der Waals surface area contributed by atoms with E-state index < -0.39 is 28.9 Å². The predicted molar refractivity (Wildman–Crippen MR) is 68.7 cm³/mol. The van der Waals surface area contributed by atoms with E-state index in [2.05, 4.69) is 10.6 Å². The number of ether oxygens (including phenoxy) is 1. The summed E-state index contributed by atoms with van der Waals surface area (Å²) in [6, 6.07) is -0.673. The van der Waals surface area contributed by atoms with Crippen molar-refractivity contribution in [1.29, 1.82) is 0 Å². The molecule has 0 saturated carbocycles. The topological polar surface area (TPSA) is 105 Å². The largest absolute Gasteiger partial charge is 0.481 e. The van der Waals surface area contributed by atoms with Crippen molar-refractivity contribution in [3.05, 3.63) is 0 Å². The second-order valence-electron chi connectivity index (χ2n) is 5.69. The van der Waals surface area contributed by atoms with Crippen molar-refractivity contribution >= 4 is 17.9 Å². The molecule has 0 radical (unpaired) electrons. The van der Waals surface area contributed by atoms with E-state index >= 15 is 0 Å². The van der Waals surface area contributed by atoms with Crippen molar-refractivity contribution in [2.24, 2.45) is 5.41 Å². The first-order valence-corrected chi connectivity index (χ1v) is 5.84. The molecule has 0 aromatic carbocycles. The van der Waals surface area contributed by atoms with E-state index in [0.29, 0.717) is 0 Å². The van der Waals surface area contributed by atoms with E-state index in [1.54, 1.807) is 13.8 Å². The zero-order chi connectivity index (χ0) is 15.3. The Hall–Kier alpha value is -1.63. The minimum atomic E-state index is -1.22. The lowest BCUT2D eigenvalue weighted by atomic mass is 9.89. The molecule has 7 nitrogen and oxygen atoms in total. The number of carbonyl (C=O) groups excluding carboxylic acids is 2. The van der Waals surface area contributed by atoms with Crippen LogP contribution in [0, 0.1) is 5.41 Å². The molecule has 19 heavy (non-hydrogen) atoms. The highest BCUT2D eigenvalue weighted by Crippen LogP contribution is 2.19. The third kappa shape index (κ3) is 6.76. The average Bonchev–Trinajstić information content (AvgIpc) is 2.13. The molecule has 0 aliphatic rings. The summed E-state index contributed by atoms with van der Waals surface area (Å²) >= 11 is 0. The molecular formula is C12H22N2O5. The minimum Gasteiger partial charge on any atom is -0.481 e. The van der Waals surface area contributed by atoms with Gasteiger partial charge in [0.25, 0.3) is 0 Å². The molecule has 0 atom stereocenters. The number of nitrogens with one attached hydrogen (secondary N) is 2. The second kappa shape index (κ2) is 6.51. The third-order valence-electron chi connectivity index (χ3n) is 2.39. The van der Waals surface area contributed by atoms with Gasteiger partial charge >= 0.3 is 12.0 Å². The Kier molecular flexibility index (Phi) is 5.95. The first kappa shape index (κ1) is 17.4. The summed E-state index contributed by atoms with van der Waals surface area (Å²) in [6.07, 6.45) is -0.277. The van der Waals surface area contributed by atoms with Crippen molar-refractivity contribution in [3.8, 4) is 0 Å². The van der Waals surface area contributed by atoms with Crippen molar-refractivity contribution in [1.82, 2.24) is 10.6 Å². The number of carbonyl (C=O) groups is 3. The summed E-state index contributed by atoms with van der Waals surface area (Å²) in [6.45, 7) is 6.60. The Morgan fingerprint density at radius 2 is 1.68 bits per heavy atom. The standard InChI is InChI=1S/C12H22N2O5/c1-11(2,9(16)17)6-8(15)13-10(18)14-12(3,4)7-19-5/h6-7H2,1-5H3,(H,16,17)(H2,13,14,15,18). The predicted octanol–water partition coefficient (Wildman–Crippen LogP) is 0.738. The van der Waals surface area contributed by atoms with Crippen LogP contribution in [-0.4, -0.2) is 42.3 Å². The van der Waals surface area contributed by atoms with Gasteiger partial charge in [-0.15, -0.1) is 0 Å². The fourth-order valence-electron chi connectivity index (χ4n) is 1.38. The van der Waals surface area contributed by atoms with Crippen molar-refractivity contribution in [3.63, 3.8) is 0 Å². The number of hydrogen-bond donors (Lipinski definition) is 3. The van der Waals surface area contributed by atoms with Crippen LogP contribution in [0.2, 0.25) is 0 Å². The van der Waals surface area contributed by atoms with Crippen LogP contribution in [0.5, 0.6) is 0 Å².